The van der Waals surface area contributed by atoms with Gasteiger partial charge in [-0.05, 0) is 48.7 Å². The third kappa shape index (κ3) is 4.70. The van der Waals surface area contributed by atoms with Crippen LogP contribution in [0.3, 0.4) is 0 Å². The number of benzene rings is 2. The van der Waals surface area contributed by atoms with E-state index in [4.69, 9.17) is 4.74 Å². The second-order valence-electron chi connectivity index (χ2n) is 7.78. The van der Waals surface area contributed by atoms with Crippen molar-refractivity contribution in [3.05, 3.63) is 65.7 Å². The zero-order chi connectivity index (χ0) is 20.9. The number of hydrogen-bond donors (Lipinski definition) is 1. The number of para-hydroxylation sites is 2. The maximum absolute atomic E-state index is 13.5. The summed E-state index contributed by atoms with van der Waals surface area (Å²) >= 11 is 0. The molecule has 0 radical (unpaired) electrons. The van der Waals surface area contributed by atoms with Gasteiger partial charge >= 0.3 is 0 Å². The molecule has 0 bridgehead atoms. The smallest absolute Gasteiger partial charge is 0.294 e. The predicted octanol–water partition coefficient (Wildman–Crippen LogP) is 4.43. The summed E-state index contributed by atoms with van der Waals surface area (Å²) in [5.41, 5.74) is 1.07. The van der Waals surface area contributed by atoms with Gasteiger partial charge in [0.15, 0.2) is 11.5 Å². The number of hydrogen-bond acceptors (Lipinski definition) is 3. The first-order valence-electron chi connectivity index (χ1n) is 10.5. The molecule has 2 aromatic carbocycles. The van der Waals surface area contributed by atoms with E-state index < -0.39 is 11.7 Å². The minimum atomic E-state index is -0.422. The van der Waals surface area contributed by atoms with Gasteiger partial charge in [-0.2, -0.15) is 0 Å². The van der Waals surface area contributed by atoms with Gasteiger partial charge in [0.2, 0.25) is 5.91 Å². The SMILES string of the molecule is O=C(CN1C(=O)/C(=C\c2cccc(F)c2)Oc2ccccc21)NC1CCCCCC1. The Morgan fingerprint density at radius 3 is 2.63 bits per heavy atom. The molecule has 0 aromatic heterocycles. The Kier molecular flexibility index (Phi) is 6.12. The van der Waals surface area contributed by atoms with E-state index in [1.54, 1.807) is 36.4 Å². The van der Waals surface area contributed by atoms with E-state index in [9.17, 15) is 14.0 Å². The number of ether oxygens (including phenoxy) is 1. The second-order valence-corrected chi connectivity index (χ2v) is 7.78. The molecular weight excluding hydrogens is 383 g/mol. The van der Waals surface area contributed by atoms with Crippen LogP contribution >= 0.6 is 0 Å². The highest BCUT2D eigenvalue weighted by atomic mass is 19.1. The van der Waals surface area contributed by atoms with Crippen LogP contribution in [-0.4, -0.2) is 24.4 Å². The number of amides is 2. The Bertz CT molecular complexity index is 964. The molecule has 6 heteroatoms. The number of carbonyl (C=O) groups excluding carboxylic acids is 2. The van der Waals surface area contributed by atoms with Crippen LogP contribution in [0, 0.1) is 5.82 Å². The number of nitrogens with zero attached hydrogens (tertiary/aromatic N) is 1. The van der Waals surface area contributed by atoms with Crippen molar-refractivity contribution >= 4 is 23.6 Å². The minimum absolute atomic E-state index is 0.0570. The lowest BCUT2D eigenvalue weighted by atomic mass is 10.1. The number of anilines is 1. The molecule has 1 aliphatic heterocycles. The Balaban J connectivity index is 1.56. The molecule has 156 valence electrons. The number of halogens is 1. The standard InChI is InChI=1S/C24H25FN2O3/c25-18-9-7-8-17(14-18)15-22-24(29)27(20-12-5-6-13-21(20)30-22)16-23(28)26-19-10-3-1-2-4-11-19/h5-9,12-15,19H,1-4,10-11,16H2,(H,26,28)/b22-15+. The third-order valence-electron chi connectivity index (χ3n) is 5.50. The van der Waals surface area contributed by atoms with Gasteiger partial charge in [0, 0.05) is 6.04 Å². The summed E-state index contributed by atoms with van der Waals surface area (Å²) in [6.07, 6.45) is 8.09. The molecule has 0 unspecified atom stereocenters. The Morgan fingerprint density at radius 1 is 1.10 bits per heavy atom. The van der Waals surface area contributed by atoms with Crippen molar-refractivity contribution in [3.8, 4) is 5.75 Å². The van der Waals surface area contributed by atoms with Crippen molar-refractivity contribution in [1.29, 1.82) is 0 Å². The summed E-state index contributed by atoms with van der Waals surface area (Å²) in [7, 11) is 0. The Labute approximate surface area is 175 Å². The van der Waals surface area contributed by atoms with Gasteiger partial charge < -0.3 is 10.1 Å². The Hall–Kier alpha value is -3.15. The summed E-state index contributed by atoms with van der Waals surface area (Å²) in [6.45, 7) is -0.0871. The van der Waals surface area contributed by atoms with Gasteiger partial charge in [-0.25, -0.2) is 4.39 Å². The van der Waals surface area contributed by atoms with Gasteiger partial charge in [-0.15, -0.1) is 0 Å². The molecule has 2 amide bonds. The molecule has 5 nitrogen and oxygen atoms in total. The fourth-order valence-corrected chi connectivity index (χ4v) is 4.01. The van der Waals surface area contributed by atoms with Gasteiger partial charge in [-0.3, -0.25) is 14.5 Å². The molecule has 1 aliphatic carbocycles. The largest absolute Gasteiger partial charge is 0.449 e. The lowest BCUT2D eigenvalue weighted by Crippen LogP contribution is -2.46. The molecule has 0 atom stereocenters. The van der Waals surface area contributed by atoms with E-state index >= 15 is 0 Å². The fraction of sp³-hybridized carbons (Fsp3) is 0.333. The minimum Gasteiger partial charge on any atom is -0.449 e. The normalized spacial score (nSPS) is 18.5. The van der Waals surface area contributed by atoms with Crippen LogP contribution < -0.4 is 15.0 Å². The molecule has 1 saturated carbocycles. The fourth-order valence-electron chi connectivity index (χ4n) is 4.01. The van der Waals surface area contributed by atoms with E-state index in [1.807, 2.05) is 0 Å². The molecule has 2 aromatic rings. The predicted molar refractivity (Wildman–Crippen MR) is 113 cm³/mol. The molecule has 30 heavy (non-hydrogen) atoms. The van der Waals surface area contributed by atoms with E-state index in [-0.39, 0.29) is 24.3 Å². The van der Waals surface area contributed by atoms with Crippen LogP contribution in [0.4, 0.5) is 10.1 Å². The third-order valence-corrected chi connectivity index (χ3v) is 5.50. The second kappa shape index (κ2) is 9.11. The van der Waals surface area contributed by atoms with E-state index in [2.05, 4.69) is 5.32 Å². The lowest BCUT2D eigenvalue weighted by Gasteiger charge is -2.30. The molecule has 1 heterocycles. The monoisotopic (exact) mass is 408 g/mol. The van der Waals surface area contributed by atoms with Crippen LogP contribution in [0.25, 0.3) is 6.08 Å². The van der Waals surface area contributed by atoms with Crippen LogP contribution in [0.15, 0.2) is 54.3 Å². The first-order chi connectivity index (χ1) is 14.6. The number of rotatable bonds is 4. The van der Waals surface area contributed by atoms with Crippen LogP contribution in [-0.2, 0) is 9.59 Å². The molecular formula is C24H25FN2O3. The quantitative estimate of drug-likeness (QED) is 0.601. The summed E-state index contributed by atoms with van der Waals surface area (Å²) in [6, 6.07) is 13.2. The highest BCUT2D eigenvalue weighted by molar-refractivity contribution is 6.12. The summed E-state index contributed by atoms with van der Waals surface area (Å²) < 4.78 is 19.3. The first kappa shape index (κ1) is 20.1. The molecule has 1 N–H and O–H groups in total. The van der Waals surface area contributed by atoms with E-state index in [1.165, 1.54) is 36.0 Å². The molecule has 4 rings (SSSR count). The molecule has 0 spiro atoms. The summed E-state index contributed by atoms with van der Waals surface area (Å²) in [5.74, 6) is -0.456. The average Bonchev–Trinajstić information content (AvgIpc) is 3.00. The first-order valence-corrected chi connectivity index (χ1v) is 10.5. The van der Waals surface area contributed by atoms with Gasteiger partial charge in [0.1, 0.15) is 12.4 Å². The van der Waals surface area contributed by atoms with Crippen LogP contribution in [0.5, 0.6) is 5.75 Å². The van der Waals surface area contributed by atoms with Gasteiger partial charge in [0.25, 0.3) is 5.91 Å². The van der Waals surface area contributed by atoms with Crippen molar-refractivity contribution in [2.45, 2.75) is 44.6 Å². The van der Waals surface area contributed by atoms with Gasteiger partial charge in [-0.1, -0.05) is 49.9 Å². The van der Waals surface area contributed by atoms with Crippen LogP contribution in [0.2, 0.25) is 0 Å². The topological polar surface area (TPSA) is 58.6 Å². The molecule has 2 aliphatic rings. The van der Waals surface area contributed by atoms with Crippen molar-refractivity contribution in [1.82, 2.24) is 5.32 Å². The van der Waals surface area contributed by atoms with Crippen molar-refractivity contribution in [2.24, 2.45) is 0 Å². The van der Waals surface area contributed by atoms with Crippen molar-refractivity contribution in [2.75, 3.05) is 11.4 Å². The van der Waals surface area contributed by atoms with Gasteiger partial charge in [0.05, 0.1) is 5.69 Å². The average molecular weight is 408 g/mol. The zero-order valence-corrected chi connectivity index (χ0v) is 16.8. The lowest BCUT2D eigenvalue weighted by molar-refractivity contribution is -0.124. The van der Waals surface area contributed by atoms with Crippen LogP contribution in [0.1, 0.15) is 44.1 Å². The van der Waals surface area contributed by atoms with E-state index in [0.29, 0.717) is 17.0 Å². The number of nitrogens with one attached hydrogen (secondary N) is 1. The molecule has 0 saturated heterocycles. The maximum atomic E-state index is 13.5. The maximum Gasteiger partial charge on any atom is 0.294 e. The number of fused-ring (bicyclic) bond motifs is 1. The summed E-state index contributed by atoms with van der Waals surface area (Å²) in [4.78, 5) is 27.3. The zero-order valence-electron chi connectivity index (χ0n) is 16.8. The molecule has 1 fully saturated rings. The highest BCUT2D eigenvalue weighted by Gasteiger charge is 2.32. The summed E-state index contributed by atoms with van der Waals surface area (Å²) in [5, 5.41) is 3.09. The number of carbonyl (C=O) groups is 2. The van der Waals surface area contributed by atoms with Crippen molar-refractivity contribution < 1.29 is 18.7 Å². The highest BCUT2D eigenvalue weighted by Crippen LogP contribution is 2.35. The Morgan fingerprint density at radius 2 is 1.87 bits per heavy atom. The van der Waals surface area contributed by atoms with E-state index in [0.717, 1.165) is 25.7 Å². The van der Waals surface area contributed by atoms with Crippen molar-refractivity contribution in [3.63, 3.8) is 0 Å².